The molecule has 2 saturated heterocycles. The zero-order valence-corrected chi connectivity index (χ0v) is 19.8. The molecule has 172 valence electrons. The highest BCUT2D eigenvalue weighted by molar-refractivity contribution is 6.32. The summed E-state index contributed by atoms with van der Waals surface area (Å²) in [6.45, 7) is 10.1. The van der Waals surface area contributed by atoms with E-state index in [4.69, 9.17) is 11.6 Å². The van der Waals surface area contributed by atoms with Crippen molar-refractivity contribution >= 4 is 29.1 Å². The molecule has 1 aromatic carbocycles. The van der Waals surface area contributed by atoms with E-state index in [2.05, 4.69) is 29.0 Å². The summed E-state index contributed by atoms with van der Waals surface area (Å²) in [5, 5.41) is 3.83. The zero-order chi connectivity index (χ0) is 22.2. The molecule has 2 heterocycles. The number of rotatable bonds is 7. The molecular weight excluding hydrogens is 412 g/mol. The standard InChI is InChI=1S/C24H37ClN4O2/c1-3-19-9-10-21(25)20(4-2)24(19)26-22(30)17-27-13-15-28(16-14-27)18-23(31)29-11-7-5-6-8-12-29/h9-10H,3-8,11-18H2,1-2H3,(H,26,30). The lowest BCUT2D eigenvalue weighted by molar-refractivity contribution is -0.133. The normalized spacial score (nSPS) is 18.6. The van der Waals surface area contributed by atoms with E-state index < -0.39 is 0 Å². The van der Waals surface area contributed by atoms with Crippen LogP contribution in [0.15, 0.2) is 12.1 Å². The molecule has 0 saturated carbocycles. The Bertz CT molecular complexity index is 754. The maximum absolute atomic E-state index is 12.8. The topological polar surface area (TPSA) is 55.9 Å². The Hall–Kier alpha value is -1.63. The van der Waals surface area contributed by atoms with Gasteiger partial charge in [0.2, 0.25) is 11.8 Å². The van der Waals surface area contributed by atoms with E-state index in [1.54, 1.807) is 0 Å². The summed E-state index contributed by atoms with van der Waals surface area (Å²) in [6.07, 6.45) is 6.36. The monoisotopic (exact) mass is 448 g/mol. The van der Waals surface area contributed by atoms with Gasteiger partial charge in [-0.05, 0) is 42.9 Å². The van der Waals surface area contributed by atoms with E-state index >= 15 is 0 Å². The van der Waals surface area contributed by atoms with Crippen LogP contribution in [0, 0.1) is 0 Å². The van der Waals surface area contributed by atoms with Crippen molar-refractivity contribution in [2.45, 2.75) is 52.4 Å². The van der Waals surface area contributed by atoms with Gasteiger partial charge in [0.05, 0.1) is 13.1 Å². The summed E-state index contributed by atoms with van der Waals surface area (Å²) in [5.41, 5.74) is 3.00. The molecule has 0 aliphatic carbocycles. The molecule has 7 heteroatoms. The van der Waals surface area contributed by atoms with Crippen LogP contribution in [-0.4, -0.2) is 78.9 Å². The second kappa shape index (κ2) is 11.8. The Kier molecular flexibility index (Phi) is 9.17. The number of hydrogen-bond acceptors (Lipinski definition) is 4. The van der Waals surface area contributed by atoms with Gasteiger partial charge < -0.3 is 10.2 Å². The van der Waals surface area contributed by atoms with Crippen molar-refractivity contribution in [3.05, 3.63) is 28.3 Å². The number of nitrogens with zero attached hydrogens (tertiary/aromatic N) is 3. The molecule has 0 unspecified atom stereocenters. The molecule has 0 radical (unpaired) electrons. The Morgan fingerprint density at radius 3 is 2.06 bits per heavy atom. The van der Waals surface area contributed by atoms with Crippen LogP contribution in [0.3, 0.4) is 0 Å². The van der Waals surface area contributed by atoms with Gasteiger partial charge in [0.15, 0.2) is 0 Å². The number of amides is 2. The van der Waals surface area contributed by atoms with Gasteiger partial charge >= 0.3 is 0 Å². The predicted octanol–water partition coefficient (Wildman–Crippen LogP) is 3.42. The van der Waals surface area contributed by atoms with Gasteiger partial charge in [-0.1, -0.05) is 44.4 Å². The highest BCUT2D eigenvalue weighted by Gasteiger charge is 2.24. The van der Waals surface area contributed by atoms with E-state index in [0.29, 0.717) is 18.1 Å². The fraction of sp³-hybridized carbons (Fsp3) is 0.667. The average Bonchev–Trinajstić information content (AvgIpc) is 3.05. The molecule has 2 fully saturated rings. The highest BCUT2D eigenvalue weighted by Crippen LogP contribution is 2.29. The SMILES string of the molecule is CCc1ccc(Cl)c(CC)c1NC(=O)CN1CCN(CC(=O)N2CCCCCC2)CC1. The quantitative estimate of drug-likeness (QED) is 0.694. The average molecular weight is 449 g/mol. The Morgan fingerprint density at radius 2 is 1.48 bits per heavy atom. The molecule has 3 rings (SSSR count). The summed E-state index contributed by atoms with van der Waals surface area (Å²) in [7, 11) is 0. The lowest BCUT2D eigenvalue weighted by Gasteiger charge is -2.35. The number of halogens is 1. The van der Waals surface area contributed by atoms with Gasteiger partial charge in [0, 0.05) is 50.0 Å². The molecule has 0 aromatic heterocycles. The molecule has 1 aromatic rings. The predicted molar refractivity (Wildman–Crippen MR) is 127 cm³/mol. The number of benzene rings is 1. The van der Waals surface area contributed by atoms with Crippen LogP contribution in [0.2, 0.25) is 5.02 Å². The van der Waals surface area contributed by atoms with Gasteiger partial charge in [-0.3, -0.25) is 19.4 Å². The van der Waals surface area contributed by atoms with Crippen LogP contribution in [0.25, 0.3) is 0 Å². The van der Waals surface area contributed by atoms with E-state index in [9.17, 15) is 9.59 Å². The van der Waals surface area contributed by atoms with Crippen LogP contribution in [0.1, 0.15) is 50.7 Å². The Labute approximate surface area is 191 Å². The largest absolute Gasteiger partial charge is 0.342 e. The van der Waals surface area contributed by atoms with Crippen molar-refractivity contribution in [1.82, 2.24) is 14.7 Å². The smallest absolute Gasteiger partial charge is 0.238 e. The summed E-state index contributed by atoms with van der Waals surface area (Å²) in [5.74, 6) is 0.258. The molecule has 2 aliphatic heterocycles. The lowest BCUT2D eigenvalue weighted by atomic mass is 10.0. The zero-order valence-electron chi connectivity index (χ0n) is 19.1. The molecule has 2 amide bonds. The number of aryl methyl sites for hydroxylation is 1. The fourth-order valence-corrected chi connectivity index (χ4v) is 4.86. The van der Waals surface area contributed by atoms with Crippen molar-refractivity contribution in [2.24, 2.45) is 0 Å². The number of carbonyl (C=O) groups excluding carboxylic acids is 2. The molecule has 31 heavy (non-hydrogen) atoms. The van der Waals surface area contributed by atoms with E-state index in [0.717, 1.165) is 81.8 Å². The Morgan fingerprint density at radius 1 is 0.871 bits per heavy atom. The summed E-state index contributed by atoms with van der Waals surface area (Å²) in [6, 6.07) is 3.91. The number of likely N-dealkylation sites (tertiary alicyclic amines) is 1. The summed E-state index contributed by atoms with van der Waals surface area (Å²) in [4.78, 5) is 31.8. The first-order valence-corrected chi connectivity index (χ1v) is 12.2. The van der Waals surface area contributed by atoms with Crippen LogP contribution in [0.5, 0.6) is 0 Å². The van der Waals surface area contributed by atoms with Gasteiger partial charge in [-0.15, -0.1) is 0 Å². The molecule has 0 bridgehead atoms. The summed E-state index contributed by atoms with van der Waals surface area (Å²) >= 11 is 6.36. The third kappa shape index (κ3) is 6.67. The second-order valence-electron chi connectivity index (χ2n) is 8.66. The number of nitrogens with one attached hydrogen (secondary N) is 1. The van der Waals surface area contributed by atoms with Gasteiger partial charge in [0.25, 0.3) is 0 Å². The van der Waals surface area contributed by atoms with Crippen molar-refractivity contribution in [1.29, 1.82) is 0 Å². The number of carbonyl (C=O) groups is 2. The van der Waals surface area contributed by atoms with Crippen molar-refractivity contribution < 1.29 is 9.59 Å². The van der Waals surface area contributed by atoms with Gasteiger partial charge in [-0.25, -0.2) is 0 Å². The van der Waals surface area contributed by atoms with Crippen LogP contribution in [-0.2, 0) is 22.4 Å². The van der Waals surface area contributed by atoms with Crippen molar-refractivity contribution in [3.8, 4) is 0 Å². The summed E-state index contributed by atoms with van der Waals surface area (Å²) < 4.78 is 0. The third-order valence-electron chi connectivity index (χ3n) is 6.49. The van der Waals surface area contributed by atoms with Crippen LogP contribution >= 0.6 is 11.6 Å². The van der Waals surface area contributed by atoms with Crippen molar-refractivity contribution in [3.63, 3.8) is 0 Å². The first-order valence-electron chi connectivity index (χ1n) is 11.8. The number of hydrogen-bond donors (Lipinski definition) is 1. The van der Waals surface area contributed by atoms with Crippen LogP contribution < -0.4 is 5.32 Å². The first-order chi connectivity index (χ1) is 15.0. The highest BCUT2D eigenvalue weighted by atomic mass is 35.5. The van der Waals surface area contributed by atoms with Gasteiger partial charge in [-0.2, -0.15) is 0 Å². The Balaban J connectivity index is 1.47. The minimum absolute atomic E-state index is 0.000704. The maximum Gasteiger partial charge on any atom is 0.238 e. The van der Waals surface area contributed by atoms with Crippen LogP contribution in [0.4, 0.5) is 5.69 Å². The molecule has 2 aliphatic rings. The fourth-order valence-electron chi connectivity index (χ4n) is 4.57. The molecule has 6 nitrogen and oxygen atoms in total. The second-order valence-corrected chi connectivity index (χ2v) is 9.07. The molecular formula is C24H37ClN4O2. The van der Waals surface area contributed by atoms with E-state index in [1.165, 1.54) is 12.8 Å². The van der Waals surface area contributed by atoms with E-state index in [1.807, 2.05) is 17.0 Å². The third-order valence-corrected chi connectivity index (χ3v) is 6.84. The maximum atomic E-state index is 12.8. The van der Waals surface area contributed by atoms with E-state index in [-0.39, 0.29) is 11.8 Å². The number of anilines is 1. The molecule has 0 spiro atoms. The lowest BCUT2D eigenvalue weighted by Crippen LogP contribution is -2.51. The van der Waals surface area contributed by atoms with Gasteiger partial charge in [0.1, 0.15) is 0 Å². The minimum atomic E-state index is 0.000704. The number of piperazine rings is 1. The molecule has 1 N–H and O–H groups in total. The van der Waals surface area contributed by atoms with Crippen molar-refractivity contribution in [2.75, 3.05) is 57.7 Å². The minimum Gasteiger partial charge on any atom is -0.342 e. The molecule has 0 atom stereocenters. The first kappa shape index (κ1) is 24.0.